The molecule has 1 atom stereocenters. The van der Waals surface area contributed by atoms with Crippen LogP contribution in [0.25, 0.3) is 0 Å². The van der Waals surface area contributed by atoms with Gasteiger partial charge < -0.3 is 5.32 Å². The number of rotatable bonds is 5. The van der Waals surface area contributed by atoms with Gasteiger partial charge in [-0.1, -0.05) is 13.0 Å². The lowest BCUT2D eigenvalue weighted by Gasteiger charge is -2.17. The van der Waals surface area contributed by atoms with Crippen molar-refractivity contribution in [1.29, 1.82) is 0 Å². The molecule has 0 saturated carbocycles. The zero-order valence-corrected chi connectivity index (χ0v) is 11.7. The minimum Gasteiger partial charge on any atom is -0.309 e. The number of halogens is 2. The van der Waals surface area contributed by atoms with Crippen LogP contribution in [0.5, 0.6) is 0 Å². The van der Waals surface area contributed by atoms with Crippen LogP contribution in [0.15, 0.2) is 23.7 Å². The third-order valence-electron chi connectivity index (χ3n) is 2.97. The van der Waals surface area contributed by atoms with Crippen molar-refractivity contribution < 1.29 is 8.78 Å². The van der Waals surface area contributed by atoms with Crippen molar-refractivity contribution >= 4 is 11.3 Å². The van der Waals surface area contributed by atoms with Crippen LogP contribution >= 0.6 is 11.3 Å². The number of hydrogen-bond acceptors (Lipinski definition) is 3. The van der Waals surface area contributed by atoms with E-state index in [9.17, 15) is 8.78 Å². The molecule has 102 valence electrons. The monoisotopic (exact) mass is 282 g/mol. The van der Waals surface area contributed by atoms with E-state index in [1.165, 1.54) is 12.1 Å². The summed E-state index contributed by atoms with van der Waals surface area (Å²) in [6.45, 7) is 4.79. The number of nitrogens with zero attached hydrogens (tertiary/aromatic N) is 1. The van der Waals surface area contributed by atoms with Crippen molar-refractivity contribution in [2.45, 2.75) is 26.3 Å². The van der Waals surface area contributed by atoms with Crippen LogP contribution in [0, 0.1) is 18.6 Å². The van der Waals surface area contributed by atoms with Gasteiger partial charge in [-0.2, -0.15) is 0 Å². The Morgan fingerprint density at radius 3 is 2.68 bits per heavy atom. The summed E-state index contributed by atoms with van der Waals surface area (Å²) in [5.41, 5.74) is 3.57. The van der Waals surface area contributed by atoms with E-state index in [2.05, 4.69) is 10.3 Å². The molecule has 0 spiro atoms. The van der Waals surface area contributed by atoms with Crippen molar-refractivity contribution in [3.8, 4) is 0 Å². The van der Waals surface area contributed by atoms with Gasteiger partial charge >= 0.3 is 0 Å². The summed E-state index contributed by atoms with van der Waals surface area (Å²) < 4.78 is 26.2. The molecule has 1 aromatic carbocycles. The normalized spacial score (nSPS) is 12.6. The second-order valence-corrected chi connectivity index (χ2v) is 5.25. The van der Waals surface area contributed by atoms with Crippen LogP contribution in [-0.4, -0.2) is 11.5 Å². The average Bonchev–Trinajstić information content (AvgIpc) is 2.79. The van der Waals surface area contributed by atoms with Gasteiger partial charge in [-0.05, 0) is 37.6 Å². The first-order valence-corrected chi connectivity index (χ1v) is 7.07. The molecule has 0 saturated heterocycles. The second-order valence-electron chi connectivity index (χ2n) is 4.36. The zero-order chi connectivity index (χ0) is 13.8. The molecule has 0 aliphatic rings. The highest BCUT2D eigenvalue weighted by molar-refractivity contribution is 7.09. The van der Waals surface area contributed by atoms with Crippen LogP contribution in [-0.2, 0) is 6.42 Å². The summed E-state index contributed by atoms with van der Waals surface area (Å²) in [5.74, 6) is -1.61. The van der Waals surface area contributed by atoms with Crippen molar-refractivity contribution in [3.63, 3.8) is 0 Å². The summed E-state index contributed by atoms with van der Waals surface area (Å²) in [6, 6.07) is 4.14. The highest BCUT2D eigenvalue weighted by Gasteiger charge is 2.16. The predicted octanol–water partition coefficient (Wildman–Crippen LogP) is 3.62. The highest BCUT2D eigenvalue weighted by atomic mass is 32.1. The second kappa shape index (κ2) is 6.21. The topological polar surface area (TPSA) is 24.9 Å². The molecule has 0 fully saturated rings. The number of hydrogen-bond donors (Lipinski definition) is 1. The Kier molecular flexibility index (Phi) is 4.61. The quantitative estimate of drug-likeness (QED) is 0.906. The molecule has 2 aromatic rings. The molecule has 2 nitrogen and oxygen atoms in total. The van der Waals surface area contributed by atoms with Crippen molar-refractivity contribution in [2.75, 3.05) is 6.54 Å². The number of nitrogens with one attached hydrogen (secondary N) is 1. The van der Waals surface area contributed by atoms with Gasteiger partial charge in [0.05, 0.1) is 11.2 Å². The lowest BCUT2D eigenvalue weighted by Crippen LogP contribution is -2.22. The first-order valence-electron chi connectivity index (χ1n) is 6.19. The van der Waals surface area contributed by atoms with Crippen LogP contribution in [0.4, 0.5) is 8.78 Å². The highest BCUT2D eigenvalue weighted by Crippen LogP contribution is 2.25. The number of aromatic nitrogens is 1. The first kappa shape index (κ1) is 14.1. The smallest absolute Gasteiger partial charge is 0.159 e. The van der Waals surface area contributed by atoms with Gasteiger partial charge in [0.25, 0.3) is 0 Å². The Labute approximate surface area is 115 Å². The summed E-state index contributed by atoms with van der Waals surface area (Å²) >= 11 is 1.58. The van der Waals surface area contributed by atoms with E-state index in [1.54, 1.807) is 22.9 Å². The third-order valence-corrected chi connectivity index (χ3v) is 4.02. The van der Waals surface area contributed by atoms with E-state index < -0.39 is 11.6 Å². The fourth-order valence-electron chi connectivity index (χ4n) is 2.05. The van der Waals surface area contributed by atoms with Crippen LogP contribution in [0.2, 0.25) is 0 Å². The van der Waals surface area contributed by atoms with E-state index in [4.69, 9.17) is 0 Å². The number of aryl methyl sites for hydroxylation is 1. The molecule has 0 aliphatic heterocycles. The zero-order valence-electron chi connectivity index (χ0n) is 10.9. The maximum Gasteiger partial charge on any atom is 0.159 e. The minimum absolute atomic E-state index is 0.0855. The third kappa shape index (κ3) is 3.36. The molecule has 19 heavy (non-hydrogen) atoms. The van der Waals surface area contributed by atoms with Gasteiger partial charge in [0.1, 0.15) is 0 Å². The fourth-order valence-corrected chi connectivity index (χ4v) is 2.93. The van der Waals surface area contributed by atoms with Crippen molar-refractivity contribution in [1.82, 2.24) is 10.3 Å². The molecule has 0 aliphatic carbocycles. The molecule has 2 rings (SSSR count). The number of thiazole rings is 1. The summed E-state index contributed by atoms with van der Waals surface area (Å²) in [5, 5.41) is 3.36. The fraction of sp³-hybridized carbons (Fsp3) is 0.357. The Balaban J connectivity index is 2.21. The van der Waals surface area contributed by atoms with Gasteiger partial charge in [0.15, 0.2) is 11.6 Å². The predicted molar refractivity (Wildman–Crippen MR) is 73.3 cm³/mol. The molecule has 0 radical (unpaired) electrons. The Bertz CT molecular complexity index is 554. The molecule has 5 heteroatoms. The number of benzene rings is 1. The molecular formula is C14H16F2N2S. The largest absolute Gasteiger partial charge is 0.309 e. The maximum absolute atomic E-state index is 13.2. The molecule has 0 amide bonds. The first-order chi connectivity index (χ1) is 9.11. The van der Waals surface area contributed by atoms with Crippen LogP contribution in [0.3, 0.4) is 0 Å². The van der Waals surface area contributed by atoms with E-state index in [1.807, 2.05) is 13.8 Å². The van der Waals surface area contributed by atoms with E-state index in [-0.39, 0.29) is 6.04 Å². The van der Waals surface area contributed by atoms with Crippen molar-refractivity contribution in [3.05, 3.63) is 51.5 Å². The standard InChI is InChI=1S/C14H16F2N2S/c1-3-17-13(14-9(2)18-8-19-14)7-10-4-5-11(15)12(16)6-10/h4-6,8,13,17H,3,7H2,1-2H3. The van der Waals surface area contributed by atoms with Gasteiger partial charge in [0, 0.05) is 10.9 Å². The summed E-state index contributed by atoms with van der Waals surface area (Å²) in [6.07, 6.45) is 0.619. The van der Waals surface area contributed by atoms with Crippen molar-refractivity contribution in [2.24, 2.45) is 0 Å². The van der Waals surface area contributed by atoms with E-state index in [0.29, 0.717) is 6.42 Å². The molecule has 1 heterocycles. The molecule has 0 bridgehead atoms. The van der Waals surface area contributed by atoms with E-state index >= 15 is 0 Å². The summed E-state index contributed by atoms with van der Waals surface area (Å²) in [4.78, 5) is 5.38. The van der Waals surface area contributed by atoms with Gasteiger partial charge in [-0.15, -0.1) is 11.3 Å². The minimum atomic E-state index is -0.808. The SMILES string of the molecule is CCNC(Cc1ccc(F)c(F)c1)c1scnc1C. The van der Waals surface area contributed by atoms with Gasteiger partial charge in [-0.3, -0.25) is 0 Å². The van der Waals surface area contributed by atoms with E-state index in [0.717, 1.165) is 22.7 Å². The number of likely N-dealkylation sites (N-methyl/N-ethyl adjacent to an activating group) is 1. The molecule has 1 unspecified atom stereocenters. The van der Waals surface area contributed by atoms with Crippen LogP contribution < -0.4 is 5.32 Å². The average molecular weight is 282 g/mol. The molecular weight excluding hydrogens is 266 g/mol. The Morgan fingerprint density at radius 1 is 1.32 bits per heavy atom. The van der Waals surface area contributed by atoms with Gasteiger partial charge in [0.2, 0.25) is 0 Å². The summed E-state index contributed by atoms with van der Waals surface area (Å²) in [7, 11) is 0. The maximum atomic E-state index is 13.2. The molecule has 1 aromatic heterocycles. The van der Waals surface area contributed by atoms with Gasteiger partial charge in [-0.25, -0.2) is 13.8 Å². The Hall–Kier alpha value is -1.33. The Morgan fingerprint density at radius 2 is 2.11 bits per heavy atom. The van der Waals surface area contributed by atoms with Crippen LogP contribution in [0.1, 0.15) is 29.1 Å². The lowest BCUT2D eigenvalue weighted by molar-refractivity contribution is 0.503. The lowest BCUT2D eigenvalue weighted by atomic mass is 10.0. The molecule has 1 N–H and O–H groups in total.